The molecule has 6 heteroatoms. The molecule has 0 atom stereocenters. The lowest BCUT2D eigenvalue weighted by atomic mass is 9.84. The third kappa shape index (κ3) is 3.92. The van der Waals surface area contributed by atoms with Crippen LogP contribution in [0.15, 0.2) is 22.7 Å². The maximum absolute atomic E-state index is 12.8. The molecule has 1 amide bonds. The molecule has 1 aliphatic carbocycles. The molecule has 0 radical (unpaired) electrons. The van der Waals surface area contributed by atoms with E-state index < -0.39 is 0 Å². The van der Waals surface area contributed by atoms with Crippen molar-refractivity contribution in [2.24, 2.45) is 5.92 Å². The van der Waals surface area contributed by atoms with E-state index in [-0.39, 0.29) is 11.8 Å². The highest BCUT2D eigenvalue weighted by Crippen LogP contribution is 2.34. The number of carbonyl (C=O) groups is 1. The highest BCUT2D eigenvalue weighted by molar-refractivity contribution is 9.10. The second-order valence-electron chi connectivity index (χ2n) is 6.38. The highest BCUT2D eigenvalue weighted by Gasteiger charge is 2.31. The van der Waals surface area contributed by atoms with Crippen LogP contribution in [0.2, 0.25) is 0 Å². The van der Waals surface area contributed by atoms with E-state index in [9.17, 15) is 4.79 Å². The third-order valence-electron chi connectivity index (χ3n) is 4.28. The van der Waals surface area contributed by atoms with Crippen molar-refractivity contribution in [1.82, 2.24) is 9.88 Å². The van der Waals surface area contributed by atoms with Crippen molar-refractivity contribution in [2.75, 3.05) is 32.1 Å². The van der Waals surface area contributed by atoms with Gasteiger partial charge in [0.15, 0.2) is 5.13 Å². The van der Waals surface area contributed by atoms with Crippen LogP contribution in [0.3, 0.4) is 0 Å². The summed E-state index contributed by atoms with van der Waals surface area (Å²) in [4.78, 5) is 21.6. The van der Waals surface area contributed by atoms with Gasteiger partial charge in [-0.15, -0.1) is 0 Å². The minimum absolute atomic E-state index is 0.202. The Hall–Kier alpha value is -0.980. The second kappa shape index (κ2) is 7.28. The van der Waals surface area contributed by atoms with E-state index in [4.69, 9.17) is 4.98 Å². The van der Waals surface area contributed by atoms with Crippen molar-refractivity contribution < 1.29 is 4.79 Å². The maximum Gasteiger partial charge on any atom is 0.231 e. The molecule has 4 nitrogen and oxygen atoms in total. The number of carbonyl (C=O) groups excluding carboxylic acids is 1. The Bertz CT molecular complexity index is 696. The summed E-state index contributed by atoms with van der Waals surface area (Å²) in [6, 6.07) is 6.07. The Morgan fingerprint density at radius 1 is 1.35 bits per heavy atom. The van der Waals surface area contributed by atoms with Crippen LogP contribution < -0.4 is 4.90 Å². The lowest BCUT2D eigenvalue weighted by Gasteiger charge is -2.30. The summed E-state index contributed by atoms with van der Waals surface area (Å²) in [5.41, 5.74) is 0.965. The Balaban J connectivity index is 1.83. The van der Waals surface area contributed by atoms with Crippen LogP contribution in [0, 0.1) is 5.92 Å². The van der Waals surface area contributed by atoms with Gasteiger partial charge in [0.05, 0.1) is 10.2 Å². The van der Waals surface area contributed by atoms with Crippen LogP contribution in [-0.2, 0) is 4.79 Å². The standard InChI is InChI=1S/C17H22BrN3OS/c1-20(2)9-4-10-21(16(22)12-5-3-6-12)17-19-14-8-7-13(18)11-15(14)23-17/h7-8,11-12H,3-6,9-10H2,1-2H3. The summed E-state index contributed by atoms with van der Waals surface area (Å²) >= 11 is 5.11. The molecule has 1 aliphatic rings. The van der Waals surface area contributed by atoms with E-state index in [1.807, 2.05) is 17.0 Å². The molecule has 23 heavy (non-hydrogen) atoms. The largest absolute Gasteiger partial charge is 0.309 e. The molecule has 0 saturated heterocycles. The first-order chi connectivity index (χ1) is 11.0. The molecule has 2 aromatic rings. The predicted octanol–water partition coefficient (Wildman–Crippen LogP) is 4.14. The fourth-order valence-corrected chi connectivity index (χ4v) is 4.27. The van der Waals surface area contributed by atoms with Crippen LogP contribution in [0.1, 0.15) is 25.7 Å². The summed E-state index contributed by atoms with van der Waals surface area (Å²) in [6.07, 6.45) is 4.19. The summed E-state index contributed by atoms with van der Waals surface area (Å²) in [5, 5.41) is 0.841. The van der Waals surface area contributed by atoms with Crippen molar-refractivity contribution in [3.8, 4) is 0 Å². The third-order valence-corrected chi connectivity index (χ3v) is 5.81. The molecule has 1 aromatic carbocycles. The first-order valence-corrected chi connectivity index (χ1v) is 9.68. The SMILES string of the molecule is CN(C)CCCN(C(=O)C1CCC1)c1nc2ccc(Br)cc2s1. The monoisotopic (exact) mass is 395 g/mol. The van der Waals surface area contributed by atoms with E-state index in [1.54, 1.807) is 11.3 Å². The number of fused-ring (bicyclic) bond motifs is 1. The second-order valence-corrected chi connectivity index (χ2v) is 8.31. The van der Waals surface area contributed by atoms with Crippen LogP contribution in [-0.4, -0.2) is 43.0 Å². The molecule has 124 valence electrons. The highest BCUT2D eigenvalue weighted by atomic mass is 79.9. The van der Waals surface area contributed by atoms with Gasteiger partial charge in [0, 0.05) is 16.9 Å². The van der Waals surface area contributed by atoms with E-state index in [2.05, 4.69) is 41.0 Å². The molecular weight excluding hydrogens is 374 g/mol. The zero-order valence-electron chi connectivity index (χ0n) is 13.6. The lowest BCUT2D eigenvalue weighted by Crippen LogP contribution is -2.40. The molecule has 1 heterocycles. The maximum atomic E-state index is 12.8. The van der Waals surface area contributed by atoms with Gasteiger partial charge >= 0.3 is 0 Å². The van der Waals surface area contributed by atoms with Crippen LogP contribution in [0.5, 0.6) is 0 Å². The Kier molecular flexibility index (Phi) is 5.34. The molecule has 1 fully saturated rings. The lowest BCUT2D eigenvalue weighted by molar-refractivity contribution is -0.124. The van der Waals surface area contributed by atoms with Gasteiger partial charge in [-0.25, -0.2) is 4.98 Å². The van der Waals surface area contributed by atoms with E-state index in [0.29, 0.717) is 0 Å². The minimum atomic E-state index is 0.202. The fraction of sp³-hybridized carbons (Fsp3) is 0.529. The van der Waals surface area contributed by atoms with E-state index in [1.165, 1.54) is 6.42 Å². The normalized spacial score (nSPS) is 15.1. The first kappa shape index (κ1) is 16.9. The van der Waals surface area contributed by atoms with Gasteiger partial charge < -0.3 is 4.90 Å². The zero-order valence-corrected chi connectivity index (χ0v) is 16.0. The molecule has 0 N–H and O–H groups in total. The summed E-state index contributed by atoms with van der Waals surface area (Å²) in [7, 11) is 4.13. The quantitative estimate of drug-likeness (QED) is 0.736. The van der Waals surface area contributed by atoms with Gasteiger partial charge in [-0.1, -0.05) is 33.7 Å². The van der Waals surface area contributed by atoms with E-state index >= 15 is 0 Å². The molecule has 3 rings (SSSR count). The zero-order chi connectivity index (χ0) is 16.4. The molecule has 0 aliphatic heterocycles. The van der Waals surface area contributed by atoms with Gasteiger partial charge in [0.1, 0.15) is 0 Å². The Labute approximate surface area is 149 Å². The number of hydrogen-bond acceptors (Lipinski definition) is 4. The number of nitrogens with zero attached hydrogens (tertiary/aromatic N) is 3. The van der Waals surface area contributed by atoms with Crippen LogP contribution >= 0.6 is 27.3 Å². The minimum Gasteiger partial charge on any atom is -0.309 e. The number of benzene rings is 1. The molecule has 0 spiro atoms. The van der Waals surface area contributed by atoms with Crippen LogP contribution in [0.4, 0.5) is 5.13 Å². The molecule has 1 aromatic heterocycles. The van der Waals surface area contributed by atoms with Crippen molar-refractivity contribution in [3.05, 3.63) is 22.7 Å². The van der Waals surface area contributed by atoms with Crippen molar-refractivity contribution in [3.63, 3.8) is 0 Å². The Morgan fingerprint density at radius 2 is 2.13 bits per heavy atom. The molecular formula is C17H22BrN3OS. The van der Waals surface area contributed by atoms with Crippen molar-refractivity contribution in [1.29, 1.82) is 0 Å². The number of thiazole rings is 1. The average Bonchev–Trinajstić information content (AvgIpc) is 2.83. The molecule has 0 unspecified atom stereocenters. The first-order valence-electron chi connectivity index (χ1n) is 8.07. The molecule has 1 saturated carbocycles. The predicted molar refractivity (Wildman–Crippen MR) is 100 cm³/mol. The Morgan fingerprint density at radius 3 is 2.78 bits per heavy atom. The van der Waals surface area contributed by atoms with Gasteiger partial charge in [0.2, 0.25) is 5.91 Å². The summed E-state index contributed by atoms with van der Waals surface area (Å²) in [6.45, 7) is 1.72. The van der Waals surface area contributed by atoms with Gasteiger partial charge in [-0.05, 0) is 58.1 Å². The topological polar surface area (TPSA) is 36.4 Å². The number of aromatic nitrogens is 1. The number of hydrogen-bond donors (Lipinski definition) is 0. The molecule has 0 bridgehead atoms. The van der Waals surface area contributed by atoms with E-state index in [0.717, 1.165) is 52.2 Å². The number of rotatable bonds is 6. The van der Waals surface area contributed by atoms with Gasteiger partial charge in [-0.3, -0.25) is 9.69 Å². The fourth-order valence-electron chi connectivity index (χ4n) is 2.72. The van der Waals surface area contributed by atoms with Gasteiger partial charge in [0.25, 0.3) is 0 Å². The number of halogens is 1. The van der Waals surface area contributed by atoms with Crippen LogP contribution in [0.25, 0.3) is 10.2 Å². The summed E-state index contributed by atoms with van der Waals surface area (Å²) < 4.78 is 2.16. The van der Waals surface area contributed by atoms with Crippen molar-refractivity contribution >= 4 is 48.5 Å². The number of anilines is 1. The van der Waals surface area contributed by atoms with Gasteiger partial charge in [-0.2, -0.15) is 0 Å². The summed E-state index contributed by atoms with van der Waals surface area (Å²) in [5.74, 6) is 0.459. The number of amides is 1. The smallest absolute Gasteiger partial charge is 0.231 e. The van der Waals surface area contributed by atoms with Crippen molar-refractivity contribution in [2.45, 2.75) is 25.7 Å². The average molecular weight is 396 g/mol.